The summed E-state index contributed by atoms with van der Waals surface area (Å²) in [6.07, 6.45) is 2.10. The van der Waals surface area contributed by atoms with E-state index in [4.69, 9.17) is 4.74 Å². The van der Waals surface area contributed by atoms with Crippen molar-refractivity contribution in [2.45, 2.75) is 39.2 Å². The van der Waals surface area contributed by atoms with Crippen LogP contribution in [0.3, 0.4) is 0 Å². The number of aromatic nitrogens is 2. The van der Waals surface area contributed by atoms with Gasteiger partial charge in [-0.05, 0) is 50.5 Å². The highest BCUT2D eigenvalue weighted by atomic mass is 32.1. The molecule has 10 heteroatoms. The maximum absolute atomic E-state index is 12.8. The summed E-state index contributed by atoms with van der Waals surface area (Å²) >= 11 is 0.959. The van der Waals surface area contributed by atoms with Crippen molar-refractivity contribution in [2.24, 2.45) is 5.92 Å². The van der Waals surface area contributed by atoms with Crippen molar-refractivity contribution in [1.29, 1.82) is 0 Å². The van der Waals surface area contributed by atoms with Crippen molar-refractivity contribution in [3.8, 4) is 5.75 Å². The maximum Gasteiger partial charge on any atom is 0.286 e. The zero-order valence-electron chi connectivity index (χ0n) is 17.9. The van der Waals surface area contributed by atoms with Gasteiger partial charge in [-0.3, -0.25) is 14.4 Å². The number of carbonyl (C=O) groups is 3. The van der Waals surface area contributed by atoms with Crippen LogP contribution < -0.4 is 15.4 Å². The van der Waals surface area contributed by atoms with Gasteiger partial charge in [0.25, 0.3) is 11.8 Å². The Labute approximate surface area is 185 Å². The summed E-state index contributed by atoms with van der Waals surface area (Å²) in [5, 5.41) is 13.8. The normalized spacial score (nSPS) is 15.3. The predicted molar refractivity (Wildman–Crippen MR) is 117 cm³/mol. The van der Waals surface area contributed by atoms with Crippen LogP contribution in [0.4, 0.5) is 5.69 Å². The molecule has 2 aromatic rings. The molecule has 1 aromatic heterocycles. The second-order valence-corrected chi connectivity index (χ2v) is 8.46. The Morgan fingerprint density at radius 1 is 1.16 bits per heavy atom. The molecule has 1 aliphatic heterocycles. The molecule has 0 radical (unpaired) electrons. The Bertz CT molecular complexity index is 922. The molecule has 3 rings (SSSR count). The molecule has 1 unspecified atom stereocenters. The molecule has 1 saturated heterocycles. The van der Waals surface area contributed by atoms with Crippen molar-refractivity contribution < 1.29 is 19.1 Å². The average molecular weight is 446 g/mol. The van der Waals surface area contributed by atoms with Gasteiger partial charge in [-0.15, -0.1) is 10.2 Å². The molecular formula is C21H27N5O4S. The minimum Gasteiger partial charge on any atom is -0.497 e. The molecule has 1 aromatic carbocycles. The van der Waals surface area contributed by atoms with Gasteiger partial charge in [-0.25, -0.2) is 0 Å². The number of carbonyl (C=O) groups excluding carboxylic acids is 3. The van der Waals surface area contributed by atoms with Crippen molar-refractivity contribution in [2.75, 3.05) is 25.5 Å². The number of nitrogens with one attached hydrogen (secondary N) is 2. The minimum absolute atomic E-state index is 0.0508. The zero-order chi connectivity index (χ0) is 22.4. The van der Waals surface area contributed by atoms with Gasteiger partial charge in [0.1, 0.15) is 5.75 Å². The second-order valence-electron chi connectivity index (χ2n) is 7.48. The third kappa shape index (κ3) is 5.78. The summed E-state index contributed by atoms with van der Waals surface area (Å²) in [7, 11) is 1.57. The zero-order valence-corrected chi connectivity index (χ0v) is 18.7. The number of ether oxygens (including phenoxy) is 1. The Morgan fingerprint density at radius 3 is 2.42 bits per heavy atom. The number of rotatable bonds is 7. The second kappa shape index (κ2) is 10.3. The molecule has 166 valence electrons. The van der Waals surface area contributed by atoms with Crippen molar-refractivity contribution in [3.63, 3.8) is 0 Å². The first-order valence-electron chi connectivity index (χ1n) is 10.3. The summed E-state index contributed by atoms with van der Waals surface area (Å²) in [5.74, 6) is -0.0417. The molecule has 0 saturated carbocycles. The van der Waals surface area contributed by atoms with E-state index in [-0.39, 0.29) is 33.8 Å². The summed E-state index contributed by atoms with van der Waals surface area (Å²) in [6, 6.07) is 7.04. The number of anilines is 1. The number of nitrogens with zero attached hydrogens (tertiary/aromatic N) is 3. The third-order valence-corrected chi connectivity index (χ3v) is 6.21. The number of piperidine rings is 1. The maximum atomic E-state index is 12.8. The van der Waals surface area contributed by atoms with Gasteiger partial charge >= 0.3 is 0 Å². The predicted octanol–water partition coefficient (Wildman–Crippen LogP) is 2.57. The van der Waals surface area contributed by atoms with Gasteiger partial charge in [0, 0.05) is 30.7 Å². The lowest BCUT2D eigenvalue weighted by atomic mass is 9.95. The van der Waals surface area contributed by atoms with Crippen LogP contribution in [0.2, 0.25) is 0 Å². The Hall–Kier alpha value is -3.01. The third-order valence-electron chi connectivity index (χ3n) is 5.30. The highest BCUT2D eigenvalue weighted by Gasteiger charge is 2.30. The van der Waals surface area contributed by atoms with Crippen LogP contribution in [-0.2, 0) is 4.79 Å². The Morgan fingerprint density at radius 2 is 1.81 bits per heavy atom. The summed E-state index contributed by atoms with van der Waals surface area (Å²) < 4.78 is 5.09. The molecule has 0 aliphatic carbocycles. The molecule has 3 amide bonds. The molecule has 1 aliphatic rings. The van der Waals surface area contributed by atoms with E-state index in [1.54, 1.807) is 36.3 Å². The fraction of sp³-hybridized carbons (Fsp3) is 0.476. The molecule has 1 fully saturated rings. The van der Waals surface area contributed by atoms with Gasteiger partial charge in [0.05, 0.1) is 7.11 Å². The number of amides is 3. The monoisotopic (exact) mass is 445 g/mol. The first-order valence-corrected chi connectivity index (χ1v) is 11.1. The lowest BCUT2D eigenvalue weighted by molar-refractivity contribution is -0.126. The lowest BCUT2D eigenvalue weighted by Crippen LogP contribution is -2.44. The van der Waals surface area contributed by atoms with E-state index in [9.17, 15) is 14.4 Å². The van der Waals surface area contributed by atoms with E-state index < -0.39 is 5.91 Å². The van der Waals surface area contributed by atoms with Gasteiger partial charge in [0.2, 0.25) is 15.9 Å². The molecule has 2 N–H and O–H groups in total. The topological polar surface area (TPSA) is 114 Å². The van der Waals surface area contributed by atoms with Gasteiger partial charge < -0.3 is 20.3 Å². The summed E-state index contributed by atoms with van der Waals surface area (Å²) in [6.45, 7) is 4.96. The first-order chi connectivity index (χ1) is 14.9. The van der Waals surface area contributed by atoms with Crippen LogP contribution in [0.25, 0.3) is 0 Å². The largest absolute Gasteiger partial charge is 0.497 e. The number of benzene rings is 1. The smallest absolute Gasteiger partial charge is 0.286 e. The van der Waals surface area contributed by atoms with E-state index in [1.807, 2.05) is 13.8 Å². The standard InChI is InChI=1S/C21H27N5O4S/c1-4-13(2)22-17(27)14-9-11-26(12-10-14)21(29)20-25-24-19(31-20)18(28)23-15-5-7-16(30-3)8-6-15/h5-8,13-14H,4,9-12H2,1-3H3,(H,22,27)(H,23,28). The number of hydrogen-bond donors (Lipinski definition) is 2. The lowest BCUT2D eigenvalue weighted by Gasteiger charge is -2.31. The molecule has 0 spiro atoms. The Balaban J connectivity index is 1.54. The fourth-order valence-electron chi connectivity index (χ4n) is 3.20. The van der Waals surface area contributed by atoms with E-state index in [0.717, 1.165) is 17.8 Å². The van der Waals surface area contributed by atoms with Gasteiger partial charge in [0.15, 0.2) is 0 Å². The molecular weight excluding hydrogens is 418 g/mol. The van der Waals surface area contributed by atoms with Crippen LogP contribution in [0.1, 0.15) is 52.7 Å². The highest BCUT2D eigenvalue weighted by Crippen LogP contribution is 2.22. The van der Waals surface area contributed by atoms with E-state index >= 15 is 0 Å². The number of methoxy groups -OCH3 is 1. The number of likely N-dealkylation sites (tertiary alicyclic amines) is 1. The van der Waals surface area contributed by atoms with Crippen molar-refractivity contribution in [3.05, 3.63) is 34.3 Å². The van der Waals surface area contributed by atoms with Crippen LogP contribution in [0, 0.1) is 5.92 Å². The first kappa shape index (κ1) is 22.7. The van der Waals surface area contributed by atoms with Crippen LogP contribution in [-0.4, -0.2) is 59.1 Å². The molecule has 1 atom stereocenters. The van der Waals surface area contributed by atoms with Gasteiger partial charge in [-0.1, -0.05) is 18.3 Å². The Kier molecular flexibility index (Phi) is 7.56. The summed E-state index contributed by atoms with van der Waals surface area (Å²) in [5.41, 5.74) is 0.589. The minimum atomic E-state index is -0.429. The molecule has 9 nitrogen and oxygen atoms in total. The van der Waals surface area contributed by atoms with Gasteiger partial charge in [-0.2, -0.15) is 0 Å². The molecule has 0 bridgehead atoms. The van der Waals surface area contributed by atoms with E-state index in [2.05, 4.69) is 20.8 Å². The van der Waals surface area contributed by atoms with Crippen LogP contribution in [0.15, 0.2) is 24.3 Å². The molecule has 31 heavy (non-hydrogen) atoms. The average Bonchev–Trinajstić information content (AvgIpc) is 3.29. The SMILES string of the molecule is CCC(C)NC(=O)C1CCN(C(=O)c2nnc(C(=O)Nc3ccc(OC)cc3)s2)CC1. The molecule has 2 heterocycles. The van der Waals surface area contributed by atoms with E-state index in [1.165, 1.54) is 0 Å². The van der Waals surface area contributed by atoms with Crippen LogP contribution >= 0.6 is 11.3 Å². The number of hydrogen-bond acceptors (Lipinski definition) is 7. The highest BCUT2D eigenvalue weighted by molar-refractivity contribution is 7.15. The van der Waals surface area contributed by atoms with E-state index in [0.29, 0.717) is 37.4 Å². The van der Waals surface area contributed by atoms with Crippen LogP contribution in [0.5, 0.6) is 5.75 Å². The van der Waals surface area contributed by atoms with Crippen molar-refractivity contribution >= 4 is 34.7 Å². The summed E-state index contributed by atoms with van der Waals surface area (Å²) in [4.78, 5) is 39.1. The van der Waals surface area contributed by atoms with Crippen molar-refractivity contribution in [1.82, 2.24) is 20.4 Å². The fourth-order valence-corrected chi connectivity index (χ4v) is 3.91. The quantitative estimate of drug-likeness (QED) is 0.677.